The first-order valence-corrected chi connectivity index (χ1v) is 8.04. The Morgan fingerprint density at radius 2 is 1.09 bits per heavy atom. The van der Waals surface area contributed by atoms with Gasteiger partial charge in [0.15, 0.2) is 5.78 Å². The van der Waals surface area contributed by atoms with Gasteiger partial charge in [-0.25, -0.2) is 0 Å². The maximum atomic E-state index is 13.1. The van der Waals surface area contributed by atoms with Crippen LogP contribution in [0.4, 0.5) is 0 Å². The van der Waals surface area contributed by atoms with Crippen molar-refractivity contribution in [3.8, 4) is 0 Å². The summed E-state index contributed by atoms with van der Waals surface area (Å²) in [6, 6.07) is 28.9. The molecule has 1 nitrogen and oxygen atoms in total. The molecule has 0 saturated heterocycles. The molecular formula is C21H17ClO. The molecule has 3 aromatic carbocycles. The number of rotatable bonds is 5. The molecule has 0 unspecified atom stereocenters. The number of benzene rings is 3. The second kappa shape index (κ2) is 7.26. The van der Waals surface area contributed by atoms with Crippen LogP contribution in [-0.2, 0) is 0 Å². The van der Waals surface area contributed by atoms with Gasteiger partial charge in [-0.05, 0) is 11.1 Å². The van der Waals surface area contributed by atoms with Crippen LogP contribution in [0.3, 0.4) is 0 Å². The molecule has 2 atom stereocenters. The smallest absolute Gasteiger partial charge is 0.172 e. The van der Waals surface area contributed by atoms with Crippen molar-refractivity contribution in [2.75, 3.05) is 0 Å². The number of carbonyl (C=O) groups is 1. The van der Waals surface area contributed by atoms with E-state index in [1.165, 1.54) is 0 Å². The molecule has 0 aliphatic rings. The van der Waals surface area contributed by atoms with E-state index in [1.54, 1.807) is 0 Å². The lowest BCUT2D eigenvalue weighted by atomic mass is 9.85. The molecular weight excluding hydrogens is 304 g/mol. The summed E-state index contributed by atoms with van der Waals surface area (Å²) in [5, 5.41) is -0.411. The molecule has 0 fully saturated rings. The van der Waals surface area contributed by atoms with E-state index in [0.29, 0.717) is 5.56 Å². The maximum Gasteiger partial charge on any atom is 0.172 e. The van der Waals surface area contributed by atoms with Crippen LogP contribution in [0.5, 0.6) is 0 Å². The van der Waals surface area contributed by atoms with E-state index >= 15 is 0 Å². The van der Waals surface area contributed by atoms with E-state index in [1.807, 2.05) is 91.0 Å². The number of halogens is 1. The van der Waals surface area contributed by atoms with E-state index in [-0.39, 0.29) is 5.78 Å². The van der Waals surface area contributed by atoms with Gasteiger partial charge in [-0.15, -0.1) is 11.6 Å². The predicted octanol–water partition coefficient (Wildman–Crippen LogP) is 5.63. The summed E-state index contributed by atoms with van der Waals surface area (Å²) >= 11 is 6.73. The van der Waals surface area contributed by atoms with Crippen LogP contribution in [0.25, 0.3) is 0 Å². The molecule has 0 radical (unpaired) electrons. The average molecular weight is 321 g/mol. The minimum absolute atomic E-state index is 0.0423. The average Bonchev–Trinajstić information content (AvgIpc) is 2.64. The molecule has 0 heterocycles. The molecule has 3 rings (SSSR count). The van der Waals surface area contributed by atoms with Crippen molar-refractivity contribution in [2.45, 2.75) is 11.3 Å². The standard InChI is InChI=1S/C21H17ClO/c22-20(17-12-6-2-7-13-17)19(16-10-4-1-5-11-16)21(23)18-14-8-3-9-15-18/h1-15,19-20H/t19-,20+/m0/s1. The SMILES string of the molecule is O=C(c1ccccc1)[C@@H](c1ccccc1)[C@H](Cl)c1ccccc1. The summed E-state index contributed by atoms with van der Waals surface area (Å²) in [6.45, 7) is 0. The van der Waals surface area contributed by atoms with Crippen LogP contribution in [-0.4, -0.2) is 5.78 Å². The maximum absolute atomic E-state index is 13.1. The second-order valence-corrected chi connectivity index (χ2v) is 5.90. The van der Waals surface area contributed by atoms with E-state index < -0.39 is 11.3 Å². The van der Waals surface area contributed by atoms with Crippen LogP contribution >= 0.6 is 11.6 Å². The highest BCUT2D eigenvalue weighted by Crippen LogP contribution is 2.38. The molecule has 0 aliphatic carbocycles. The molecule has 0 bridgehead atoms. The van der Waals surface area contributed by atoms with Crippen LogP contribution < -0.4 is 0 Å². The van der Waals surface area contributed by atoms with Crippen molar-refractivity contribution >= 4 is 17.4 Å². The second-order valence-electron chi connectivity index (χ2n) is 5.43. The highest BCUT2D eigenvalue weighted by molar-refractivity contribution is 6.24. The number of carbonyl (C=O) groups excluding carboxylic acids is 1. The number of alkyl halides is 1. The van der Waals surface area contributed by atoms with Gasteiger partial charge in [0.1, 0.15) is 0 Å². The van der Waals surface area contributed by atoms with Crippen molar-refractivity contribution in [1.29, 1.82) is 0 Å². The van der Waals surface area contributed by atoms with Gasteiger partial charge in [-0.2, -0.15) is 0 Å². The lowest BCUT2D eigenvalue weighted by Crippen LogP contribution is -2.18. The van der Waals surface area contributed by atoms with Crippen LogP contribution in [0.15, 0.2) is 91.0 Å². The fourth-order valence-corrected chi connectivity index (χ4v) is 3.13. The van der Waals surface area contributed by atoms with Gasteiger partial charge in [0.2, 0.25) is 0 Å². The van der Waals surface area contributed by atoms with Crippen molar-refractivity contribution in [1.82, 2.24) is 0 Å². The Hall–Kier alpha value is -2.38. The normalized spacial score (nSPS) is 13.3. The molecule has 2 heteroatoms. The molecule has 0 aromatic heterocycles. The minimum atomic E-state index is -0.414. The lowest BCUT2D eigenvalue weighted by molar-refractivity contribution is 0.0957. The number of hydrogen-bond donors (Lipinski definition) is 0. The summed E-state index contributed by atoms with van der Waals surface area (Å²) in [5.74, 6) is -0.372. The Balaban J connectivity index is 2.03. The Kier molecular flexibility index (Phi) is 4.89. The predicted molar refractivity (Wildman–Crippen MR) is 95.0 cm³/mol. The van der Waals surface area contributed by atoms with Crippen molar-refractivity contribution in [3.63, 3.8) is 0 Å². The third kappa shape index (κ3) is 3.52. The van der Waals surface area contributed by atoms with E-state index in [0.717, 1.165) is 11.1 Å². The number of Topliss-reactive ketones (excluding diaryl/α,β-unsaturated/α-hetero) is 1. The quantitative estimate of drug-likeness (QED) is 0.439. The van der Waals surface area contributed by atoms with E-state index in [4.69, 9.17) is 11.6 Å². The van der Waals surface area contributed by atoms with Gasteiger partial charge in [0.05, 0.1) is 11.3 Å². The molecule has 114 valence electrons. The Morgan fingerprint density at radius 3 is 1.61 bits per heavy atom. The van der Waals surface area contributed by atoms with Crippen molar-refractivity contribution in [2.24, 2.45) is 0 Å². The number of hydrogen-bond acceptors (Lipinski definition) is 1. The van der Waals surface area contributed by atoms with Crippen molar-refractivity contribution in [3.05, 3.63) is 108 Å². The Morgan fingerprint density at radius 1 is 0.652 bits per heavy atom. The Labute approximate surface area is 141 Å². The van der Waals surface area contributed by atoms with Crippen LogP contribution in [0.2, 0.25) is 0 Å². The summed E-state index contributed by atoms with van der Waals surface area (Å²) in [7, 11) is 0. The largest absolute Gasteiger partial charge is 0.293 e. The molecule has 0 amide bonds. The summed E-state index contributed by atoms with van der Waals surface area (Å²) < 4.78 is 0. The van der Waals surface area contributed by atoms with E-state index in [2.05, 4.69) is 0 Å². The van der Waals surface area contributed by atoms with Gasteiger partial charge < -0.3 is 0 Å². The van der Waals surface area contributed by atoms with Gasteiger partial charge >= 0.3 is 0 Å². The third-order valence-corrected chi connectivity index (χ3v) is 4.41. The minimum Gasteiger partial charge on any atom is -0.293 e. The number of ketones is 1. The molecule has 0 spiro atoms. The zero-order chi connectivity index (χ0) is 16.1. The first-order valence-electron chi connectivity index (χ1n) is 7.60. The topological polar surface area (TPSA) is 17.1 Å². The van der Waals surface area contributed by atoms with Gasteiger partial charge in [0.25, 0.3) is 0 Å². The highest BCUT2D eigenvalue weighted by atomic mass is 35.5. The molecule has 0 saturated carbocycles. The molecule has 0 N–H and O–H groups in total. The first-order chi connectivity index (χ1) is 11.3. The summed E-state index contributed by atoms with van der Waals surface area (Å²) in [6.07, 6.45) is 0. The Bertz CT molecular complexity index is 754. The molecule has 0 aliphatic heterocycles. The lowest BCUT2D eigenvalue weighted by Gasteiger charge is -2.22. The molecule has 3 aromatic rings. The highest BCUT2D eigenvalue weighted by Gasteiger charge is 2.30. The van der Waals surface area contributed by atoms with E-state index in [9.17, 15) is 4.79 Å². The fourth-order valence-electron chi connectivity index (χ4n) is 2.72. The summed E-state index contributed by atoms with van der Waals surface area (Å²) in [5.41, 5.74) is 2.57. The van der Waals surface area contributed by atoms with Gasteiger partial charge in [-0.1, -0.05) is 91.0 Å². The van der Waals surface area contributed by atoms with Crippen LogP contribution in [0.1, 0.15) is 32.8 Å². The molecule has 23 heavy (non-hydrogen) atoms. The fraction of sp³-hybridized carbons (Fsp3) is 0.0952. The van der Waals surface area contributed by atoms with Gasteiger partial charge in [-0.3, -0.25) is 4.79 Å². The zero-order valence-corrected chi connectivity index (χ0v) is 13.4. The summed E-state index contributed by atoms with van der Waals surface area (Å²) in [4.78, 5) is 13.1. The van der Waals surface area contributed by atoms with Crippen molar-refractivity contribution < 1.29 is 4.79 Å². The van der Waals surface area contributed by atoms with Gasteiger partial charge in [0, 0.05) is 5.56 Å². The third-order valence-electron chi connectivity index (χ3n) is 3.91. The monoisotopic (exact) mass is 320 g/mol. The first kappa shape index (κ1) is 15.5. The van der Waals surface area contributed by atoms with Crippen LogP contribution in [0, 0.1) is 0 Å². The zero-order valence-electron chi connectivity index (χ0n) is 12.6.